The Morgan fingerprint density at radius 2 is 1.73 bits per heavy atom. The molecule has 5 aromatic rings. The number of anilines is 1. The number of aryl methyl sites for hydroxylation is 1. The lowest BCUT2D eigenvalue weighted by atomic mass is 10.0. The smallest absolute Gasteiger partial charge is 0.269 e. The van der Waals surface area contributed by atoms with Crippen LogP contribution in [0.4, 0.5) is 11.5 Å². The molecule has 0 spiro atoms. The molecule has 0 radical (unpaired) electrons. The lowest BCUT2D eigenvalue weighted by molar-refractivity contribution is -0.384. The summed E-state index contributed by atoms with van der Waals surface area (Å²) >= 11 is 0. The minimum atomic E-state index is -3.83. The van der Waals surface area contributed by atoms with Crippen LogP contribution in [0.15, 0.2) is 76.1 Å². The van der Waals surface area contributed by atoms with E-state index in [1.54, 1.807) is 0 Å². The minimum Gasteiger partial charge on any atom is -0.354 e. The van der Waals surface area contributed by atoms with Crippen molar-refractivity contribution in [1.29, 1.82) is 0 Å². The Balaban J connectivity index is 1.35. The third-order valence-electron chi connectivity index (χ3n) is 7.30. The first-order chi connectivity index (χ1) is 19.8. The van der Waals surface area contributed by atoms with Crippen molar-refractivity contribution >= 4 is 43.4 Å². The SMILES string of the molecule is CCCc1nc(N2CCCN(S(=O)(=O)c3ccc([N+](=O)[O-])cc3)CC2)c2c(-c3ccc4ccccc4c3)noc2n1. The molecule has 41 heavy (non-hydrogen) atoms. The highest BCUT2D eigenvalue weighted by Crippen LogP contribution is 2.36. The summed E-state index contributed by atoms with van der Waals surface area (Å²) in [5, 5.41) is 18.3. The molecule has 1 aliphatic rings. The van der Waals surface area contributed by atoms with Gasteiger partial charge in [-0.15, -0.1) is 0 Å². The van der Waals surface area contributed by atoms with Crippen molar-refractivity contribution in [1.82, 2.24) is 19.4 Å². The van der Waals surface area contributed by atoms with Gasteiger partial charge in [-0.2, -0.15) is 9.29 Å². The lowest BCUT2D eigenvalue weighted by Gasteiger charge is -2.23. The van der Waals surface area contributed by atoms with Gasteiger partial charge in [0.25, 0.3) is 11.4 Å². The Kier molecular flexibility index (Phi) is 7.10. The summed E-state index contributed by atoms with van der Waals surface area (Å²) in [5.41, 5.74) is 1.77. The van der Waals surface area contributed by atoms with E-state index in [2.05, 4.69) is 34.1 Å². The van der Waals surface area contributed by atoms with Gasteiger partial charge in [0.05, 0.1) is 9.82 Å². The zero-order chi connectivity index (χ0) is 28.6. The van der Waals surface area contributed by atoms with Crippen molar-refractivity contribution in [2.24, 2.45) is 0 Å². The number of hydrogen-bond acceptors (Lipinski definition) is 9. The summed E-state index contributed by atoms with van der Waals surface area (Å²) in [4.78, 5) is 22.1. The van der Waals surface area contributed by atoms with Crippen molar-refractivity contribution in [3.05, 3.63) is 82.7 Å². The van der Waals surface area contributed by atoms with Crippen molar-refractivity contribution in [2.45, 2.75) is 31.1 Å². The number of nitro groups is 1. The van der Waals surface area contributed by atoms with Crippen molar-refractivity contribution in [2.75, 3.05) is 31.1 Å². The Bertz CT molecular complexity index is 1860. The fourth-order valence-corrected chi connectivity index (χ4v) is 6.68. The van der Waals surface area contributed by atoms with E-state index in [1.165, 1.54) is 28.6 Å². The average molecular weight is 573 g/mol. The predicted octanol–water partition coefficient (Wildman–Crippen LogP) is 5.20. The zero-order valence-electron chi connectivity index (χ0n) is 22.4. The van der Waals surface area contributed by atoms with Crippen LogP contribution >= 0.6 is 0 Å². The van der Waals surface area contributed by atoms with E-state index in [4.69, 9.17) is 9.51 Å². The van der Waals surface area contributed by atoms with Gasteiger partial charge in [0.15, 0.2) is 0 Å². The normalized spacial score (nSPS) is 14.9. The Labute approximate surface area is 236 Å². The topological polar surface area (TPSA) is 136 Å². The predicted molar refractivity (Wildman–Crippen MR) is 155 cm³/mol. The summed E-state index contributed by atoms with van der Waals surface area (Å²) in [6.07, 6.45) is 2.10. The van der Waals surface area contributed by atoms with Crippen LogP contribution < -0.4 is 4.90 Å². The molecule has 0 N–H and O–H groups in total. The van der Waals surface area contributed by atoms with Gasteiger partial charge in [0.2, 0.25) is 10.0 Å². The van der Waals surface area contributed by atoms with Gasteiger partial charge in [-0.05, 0) is 41.8 Å². The van der Waals surface area contributed by atoms with Crippen LogP contribution in [-0.2, 0) is 16.4 Å². The number of fused-ring (bicyclic) bond motifs is 2. The largest absolute Gasteiger partial charge is 0.354 e. The van der Waals surface area contributed by atoms with Gasteiger partial charge in [0.1, 0.15) is 22.7 Å². The van der Waals surface area contributed by atoms with E-state index in [-0.39, 0.29) is 17.1 Å². The van der Waals surface area contributed by atoms with Crippen molar-refractivity contribution < 1.29 is 17.9 Å². The quantitative estimate of drug-likeness (QED) is 0.190. The van der Waals surface area contributed by atoms with Crippen molar-refractivity contribution in [3.63, 3.8) is 0 Å². The molecule has 1 saturated heterocycles. The van der Waals surface area contributed by atoms with Gasteiger partial charge in [-0.1, -0.05) is 48.5 Å². The third-order valence-corrected chi connectivity index (χ3v) is 9.21. The molecule has 2 aromatic heterocycles. The maximum Gasteiger partial charge on any atom is 0.269 e. The molecule has 12 heteroatoms. The van der Waals surface area contributed by atoms with E-state index in [1.807, 2.05) is 30.3 Å². The molecule has 3 heterocycles. The van der Waals surface area contributed by atoms with Crippen LogP contribution in [0, 0.1) is 10.1 Å². The van der Waals surface area contributed by atoms with Gasteiger partial charge >= 0.3 is 0 Å². The number of hydrogen-bond donors (Lipinski definition) is 0. The summed E-state index contributed by atoms with van der Waals surface area (Å²) in [5.74, 6) is 1.33. The fourth-order valence-electron chi connectivity index (χ4n) is 5.21. The van der Waals surface area contributed by atoms with Crippen LogP contribution in [0.25, 0.3) is 33.1 Å². The second kappa shape index (κ2) is 10.9. The van der Waals surface area contributed by atoms with Gasteiger partial charge in [-0.3, -0.25) is 10.1 Å². The molecule has 0 aliphatic carbocycles. The minimum absolute atomic E-state index is 0.0313. The molecule has 210 valence electrons. The number of rotatable bonds is 7. The molecule has 3 aromatic carbocycles. The maximum atomic E-state index is 13.4. The monoisotopic (exact) mass is 572 g/mol. The lowest BCUT2D eigenvalue weighted by Crippen LogP contribution is -2.35. The molecule has 11 nitrogen and oxygen atoms in total. The molecule has 0 bridgehead atoms. The zero-order valence-corrected chi connectivity index (χ0v) is 23.2. The Morgan fingerprint density at radius 1 is 0.951 bits per heavy atom. The van der Waals surface area contributed by atoms with Crippen LogP contribution in [0.3, 0.4) is 0 Å². The summed E-state index contributed by atoms with van der Waals surface area (Å²) < 4.78 is 34.0. The second-order valence-electron chi connectivity index (χ2n) is 9.98. The fraction of sp³-hybridized carbons (Fsp3) is 0.276. The highest BCUT2D eigenvalue weighted by Gasteiger charge is 2.30. The number of nitrogens with zero attached hydrogens (tertiary/aromatic N) is 6. The van der Waals surface area contributed by atoms with E-state index < -0.39 is 14.9 Å². The highest BCUT2D eigenvalue weighted by atomic mass is 32.2. The van der Waals surface area contributed by atoms with E-state index in [0.29, 0.717) is 60.9 Å². The third kappa shape index (κ3) is 5.11. The molecule has 0 amide bonds. The van der Waals surface area contributed by atoms with E-state index >= 15 is 0 Å². The summed E-state index contributed by atoms with van der Waals surface area (Å²) in [7, 11) is -3.83. The van der Waals surface area contributed by atoms with E-state index in [9.17, 15) is 18.5 Å². The molecule has 0 saturated carbocycles. The molecule has 0 unspecified atom stereocenters. The second-order valence-corrected chi connectivity index (χ2v) is 11.9. The standard InChI is InChI=1S/C29H28N6O5S/c1-2-6-25-30-28(26-27(32-40-29(26)31-25)22-10-9-20-7-3-4-8-21(20)19-22)33-15-5-16-34(18-17-33)41(38,39)24-13-11-23(12-14-24)35(36)37/h3-4,7-14,19H,2,5-6,15-18H2,1H3. The molecule has 1 aliphatic heterocycles. The van der Waals surface area contributed by atoms with Gasteiger partial charge < -0.3 is 9.42 Å². The van der Waals surface area contributed by atoms with Crippen LogP contribution in [0.1, 0.15) is 25.6 Å². The molecular weight excluding hydrogens is 544 g/mol. The number of nitro benzene ring substituents is 1. The first kappa shape index (κ1) is 26.8. The van der Waals surface area contributed by atoms with Crippen LogP contribution in [0.5, 0.6) is 0 Å². The Morgan fingerprint density at radius 3 is 2.49 bits per heavy atom. The first-order valence-electron chi connectivity index (χ1n) is 13.5. The Hall–Kier alpha value is -4.42. The average Bonchev–Trinajstić information content (AvgIpc) is 3.24. The van der Waals surface area contributed by atoms with E-state index in [0.717, 1.165) is 22.8 Å². The van der Waals surface area contributed by atoms with Crippen LogP contribution in [0.2, 0.25) is 0 Å². The molecule has 1 fully saturated rings. The van der Waals surface area contributed by atoms with Gasteiger partial charge in [-0.25, -0.2) is 13.4 Å². The molecule has 0 atom stereocenters. The number of aromatic nitrogens is 3. The number of sulfonamides is 1. The number of benzene rings is 3. The highest BCUT2D eigenvalue weighted by molar-refractivity contribution is 7.89. The summed E-state index contributed by atoms with van der Waals surface area (Å²) in [6.45, 7) is 3.57. The summed E-state index contributed by atoms with van der Waals surface area (Å²) in [6, 6.07) is 19.2. The molecular formula is C29H28N6O5S. The van der Waals surface area contributed by atoms with Crippen LogP contribution in [-0.4, -0.2) is 58.9 Å². The van der Waals surface area contributed by atoms with Crippen molar-refractivity contribution in [3.8, 4) is 11.3 Å². The first-order valence-corrected chi connectivity index (χ1v) is 14.9. The molecule has 6 rings (SSSR count). The number of non-ortho nitro benzene ring substituents is 1. The van der Waals surface area contributed by atoms with Gasteiger partial charge in [0, 0.05) is 50.3 Å². The maximum absolute atomic E-state index is 13.4.